The van der Waals surface area contributed by atoms with Gasteiger partial charge in [0.1, 0.15) is 18.1 Å². The number of nitrogens with zero attached hydrogens (tertiary/aromatic N) is 4. The number of hydrogen-bond acceptors (Lipinski definition) is 7. The van der Waals surface area contributed by atoms with E-state index in [0.29, 0.717) is 45.0 Å². The Morgan fingerprint density at radius 1 is 0.891 bits per heavy atom. The summed E-state index contributed by atoms with van der Waals surface area (Å²) in [6, 6.07) is 20.5. The number of likely N-dealkylation sites (tertiary alicyclic amines) is 1. The second kappa shape index (κ2) is 14.8. The third kappa shape index (κ3) is 7.71. The molecular weight excluding hydrogens is 589 g/mol. The molecule has 4 aliphatic rings. The maximum absolute atomic E-state index is 14.6. The van der Waals surface area contributed by atoms with Crippen LogP contribution >= 0.6 is 0 Å². The van der Waals surface area contributed by atoms with Crippen molar-refractivity contribution in [3.63, 3.8) is 0 Å². The van der Waals surface area contributed by atoms with E-state index >= 15 is 0 Å². The molecule has 6 bridgehead atoms. The Balaban J connectivity index is 1.22. The van der Waals surface area contributed by atoms with Crippen molar-refractivity contribution in [3.05, 3.63) is 95.4 Å². The van der Waals surface area contributed by atoms with Crippen LogP contribution in [0.4, 0.5) is 4.39 Å². The number of piperidine rings is 1. The molecule has 5 heterocycles. The van der Waals surface area contributed by atoms with Gasteiger partial charge in [-0.2, -0.15) is 0 Å². The number of aromatic nitrogens is 1. The maximum atomic E-state index is 14.6. The highest BCUT2D eigenvalue weighted by molar-refractivity contribution is 5.94. The highest BCUT2D eigenvalue weighted by atomic mass is 19.1. The van der Waals surface area contributed by atoms with Crippen molar-refractivity contribution in [1.82, 2.24) is 25.0 Å². The maximum Gasteiger partial charge on any atom is 0.270 e. The molecule has 0 unspecified atom stereocenters. The van der Waals surface area contributed by atoms with Crippen LogP contribution < -0.4 is 10.1 Å². The van der Waals surface area contributed by atoms with Crippen LogP contribution in [0, 0.1) is 11.7 Å². The summed E-state index contributed by atoms with van der Waals surface area (Å²) < 4.78 is 26.1. The van der Waals surface area contributed by atoms with E-state index in [1.54, 1.807) is 35.2 Å². The fourth-order valence-corrected chi connectivity index (χ4v) is 6.56. The molecule has 2 aromatic carbocycles. The molecule has 3 amide bonds. The van der Waals surface area contributed by atoms with Gasteiger partial charge in [-0.3, -0.25) is 19.3 Å². The van der Waals surface area contributed by atoms with Gasteiger partial charge in [-0.25, -0.2) is 9.37 Å². The highest BCUT2D eigenvalue weighted by Crippen LogP contribution is 2.27. The van der Waals surface area contributed by atoms with Gasteiger partial charge in [0.25, 0.3) is 11.8 Å². The topological polar surface area (TPSA) is 104 Å². The first kappa shape index (κ1) is 31.6. The monoisotopic (exact) mass is 629 g/mol. The minimum absolute atomic E-state index is 0.0346. The summed E-state index contributed by atoms with van der Waals surface area (Å²) in [7, 11) is 0. The first-order valence-electron chi connectivity index (χ1n) is 16.0. The number of carbonyl (C=O) groups is 3. The molecule has 4 aliphatic heterocycles. The number of ether oxygens (including phenoxy) is 2. The number of rotatable bonds is 3. The Morgan fingerprint density at radius 3 is 2.48 bits per heavy atom. The average molecular weight is 630 g/mol. The Labute approximate surface area is 268 Å². The Hall–Kier alpha value is -4.35. The Bertz CT molecular complexity index is 1520. The van der Waals surface area contributed by atoms with Crippen LogP contribution in [0.5, 0.6) is 5.88 Å². The summed E-state index contributed by atoms with van der Waals surface area (Å²) in [5.41, 5.74) is 1.37. The predicted molar refractivity (Wildman–Crippen MR) is 169 cm³/mol. The van der Waals surface area contributed by atoms with Crippen LogP contribution in [0.25, 0.3) is 0 Å². The van der Waals surface area contributed by atoms with E-state index in [2.05, 4.69) is 15.2 Å². The third-order valence-electron chi connectivity index (χ3n) is 8.99. The lowest BCUT2D eigenvalue weighted by molar-refractivity contribution is -0.137. The summed E-state index contributed by atoms with van der Waals surface area (Å²) in [6.07, 6.45) is 1.96. The molecule has 2 fully saturated rings. The van der Waals surface area contributed by atoms with Crippen LogP contribution in [-0.4, -0.2) is 102 Å². The van der Waals surface area contributed by atoms with Crippen molar-refractivity contribution in [2.75, 3.05) is 52.5 Å². The molecule has 0 spiro atoms. The SMILES string of the molecule is O=C1N[C@H]2C[C@@H](C(=O)N3CCC(CC3)CN(C(=O)c3ccccc3F)CCOCCOc3cccc1n3)N(Cc1ccccc1)C2. The third-order valence-corrected chi connectivity index (χ3v) is 8.99. The average Bonchev–Trinajstić information content (AvgIpc) is 3.47. The molecular formula is C35H40FN5O5. The zero-order valence-corrected chi connectivity index (χ0v) is 25.9. The molecule has 242 valence electrons. The summed E-state index contributed by atoms with van der Waals surface area (Å²) in [6.45, 7) is 3.72. The van der Waals surface area contributed by atoms with Gasteiger partial charge in [0.15, 0.2) is 0 Å². The van der Waals surface area contributed by atoms with E-state index in [0.717, 1.165) is 18.4 Å². The quantitative estimate of drug-likeness (QED) is 0.443. The number of benzene rings is 2. The first-order chi connectivity index (χ1) is 22.4. The van der Waals surface area contributed by atoms with Crippen molar-refractivity contribution in [2.45, 2.75) is 37.9 Å². The molecule has 46 heavy (non-hydrogen) atoms. The van der Waals surface area contributed by atoms with E-state index in [1.807, 2.05) is 35.2 Å². The van der Waals surface area contributed by atoms with Gasteiger partial charge in [-0.05, 0) is 48.9 Å². The molecule has 3 aromatic rings. The lowest BCUT2D eigenvalue weighted by Gasteiger charge is -2.37. The second-order valence-electron chi connectivity index (χ2n) is 12.2. The highest BCUT2D eigenvalue weighted by Gasteiger charge is 2.40. The number of nitrogens with one attached hydrogen (secondary N) is 1. The summed E-state index contributed by atoms with van der Waals surface area (Å²) >= 11 is 0. The molecule has 2 atom stereocenters. The van der Waals surface area contributed by atoms with Crippen molar-refractivity contribution in [1.29, 1.82) is 0 Å². The molecule has 2 saturated heterocycles. The summed E-state index contributed by atoms with van der Waals surface area (Å²) in [4.78, 5) is 50.8. The molecule has 0 radical (unpaired) electrons. The van der Waals surface area contributed by atoms with Gasteiger partial charge < -0.3 is 24.6 Å². The van der Waals surface area contributed by atoms with Gasteiger partial charge in [0, 0.05) is 51.4 Å². The smallest absolute Gasteiger partial charge is 0.270 e. The van der Waals surface area contributed by atoms with E-state index in [1.165, 1.54) is 12.1 Å². The van der Waals surface area contributed by atoms with Crippen LogP contribution in [0.15, 0.2) is 72.8 Å². The number of carbonyl (C=O) groups excluding carboxylic acids is 3. The van der Waals surface area contributed by atoms with Crippen LogP contribution in [0.1, 0.15) is 45.7 Å². The minimum atomic E-state index is -0.554. The normalized spacial score (nSPS) is 23.4. The molecule has 1 aromatic heterocycles. The van der Waals surface area contributed by atoms with Crippen molar-refractivity contribution in [3.8, 4) is 5.88 Å². The largest absolute Gasteiger partial charge is 0.475 e. The van der Waals surface area contributed by atoms with Crippen molar-refractivity contribution >= 4 is 17.7 Å². The van der Waals surface area contributed by atoms with E-state index in [4.69, 9.17) is 9.47 Å². The predicted octanol–water partition coefficient (Wildman–Crippen LogP) is 3.38. The van der Waals surface area contributed by atoms with E-state index in [-0.39, 0.29) is 73.3 Å². The van der Waals surface area contributed by atoms with Gasteiger partial charge >= 0.3 is 0 Å². The molecule has 7 rings (SSSR count). The molecule has 0 saturated carbocycles. The van der Waals surface area contributed by atoms with Crippen LogP contribution in [-0.2, 0) is 16.1 Å². The summed E-state index contributed by atoms with van der Waals surface area (Å²) in [5, 5.41) is 3.10. The van der Waals surface area contributed by atoms with Crippen molar-refractivity contribution < 1.29 is 28.2 Å². The first-order valence-corrected chi connectivity index (χ1v) is 16.0. The summed E-state index contributed by atoms with van der Waals surface area (Å²) in [5.74, 6) is -0.730. The molecule has 10 nitrogen and oxygen atoms in total. The number of halogens is 1. The van der Waals surface area contributed by atoms with Gasteiger partial charge in [-0.15, -0.1) is 0 Å². The number of pyridine rings is 1. The lowest BCUT2D eigenvalue weighted by atomic mass is 9.95. The zero-order valence-electron chi connectivity index (χ0n) is 25.9. The van der Waals surface area contributed by atoms with E-state index in [9.17, 15) is 18.8 Å². The van der Waals surface area contributed by atoms with Gasteiger partial charge in [0.2, 0.25) is 11.8 Å². The number of hydrogen-bond donors (Lipinski definition) is 1. The fraction of sp³-hybridized carbons (Fsp3) is 0.429. The second-order valence-corrected chi connectivity index (χ2v) is 12.2. The van der Waals surface area contributed by atoms with Crippen LogP contribution in [0.3, 0.4) is 0 Å². The number of amides is 3. The standard InChI is InChI=1S/C35H40FN5O5/c36-29-10-5-4-9-28(29)34(43)40-17-18-45-19-20-46-32-12-6-11-30(38-32)33(42)37-27-21-31(35(44)39-15-13-26(22-40)14-16-39)41(24-27)23-25-7-2-1-3-8-25/h1-12,26-27,31H,13-24H2,(H,37,42)/t27-,31-/m0/s1. The minimum Gasteiger partial charge on any atom is -0.475 e. The Morgan fingerprint density at radius 2 is 1.67 bits per heavy atom. The van der Waals surface area contributed by atoms with Crippen LogP contribution in [0.2, 0.25) is 0 Å². The van der Waals surface area contributed by atoms with Gasteiger partial charge in [0.05, 0.1) is 24.8 Å². The fourth-order valence-electron chi connectivity index (χ4n) is 6.56. The number of fused-ring (bicyclic) bond motifs is 10. The lowest BCUT2D eigenvalue weighted by Crippen LogP contribution is -2.49. The molecule has 11 heteroatoms. The molecule has 0 aliphatic carbocycles. The molecule has 1 N–H and O–H groups in total. The van der Waals surface area contributed by atoms with Gasteiger partial charge in [-0.1, -0.05) is 48.5 Å². The van der Waals surface area contributed by atoms with E-state index < -0.39 is 5.82 Å². The zero-order chi connectivity index (χ0) is 31.9. The van der Waals surface area contributed by atoms with Crippen molar-refractivity contribution in [2.24, 2.45) is 5.92 Å². The Kier molecular flexibility index (Phi) is 10.2.